The third kappa shape index (κ3) is 3.69. The van der Waals surface area contributed by atoms with Crippen LogP contribution in [0.25, 0.3) is 0 Å². The van der Waals surface area contributed by atoms with Crippen LogP contribution in [0.4, 0.5) is 10.1 Å². The van der Waals surface area contributed by atoms with Gasteiger partial charge in [0.1, 0.15) is 18.9 Å². The smallest absolute Gasteiger partial charge is 0.257 e. The number of nitrogens with one attached hydrogen (secondary N) is 1. The largest absolute Gasteiger partial charge is 0.382 e. The van der Waals surface area contributed by atoms with Crippen molar-refractivity contribution >= 4 is 11.6 Å². The Morgan fingerprint density at radius 2 is 2.00 bits per heavy atom. The average Bonchev–Trinajstić information content (AvgIpc) is 2.45. The Morgan fingerprint density at radius 1 is 1.35 bits per heavy atom. The van der Waals surface area contributed by atoms with E-state index in [1.54, 1.807) is 0 Å². The highest BCUT2D eigenvalue weighted by atomic mass is 19.1. The molecule has 1 aromatic carbocycles. The van der Waals surface area contributed by atoms with Gasteiger partial charge in [-0.2, -0.15) is 10.5 Å². The first-order chi connectivity index (χ1) is 9.65. The number of carbonyl (C=O) groups is 1. The maximum Gasteiger partial charge on any atom is 0.257 e. The molecule has 1 aromatic rings. The van der Waals surface area contributed by atoms with Gasteiger partial charge >= 0.3 is 0 Å². The number of carbonyl (C=O) groups excluding carboxylic acids is 1. The van der Waals surface area contributed by atoms with E-state index in [1.807, 2.05) is 19.1 Å². The van der Waals surface area contributed by atoms with Crippen LogP contribution >= 0.6 is 0 Å². The predicted octanol–water partition coefficient (Wildman–Crippen LogP) is 2.14. The molecule has 0 radical (unpaired) electrons. The summed E-state index contributed by atoms with van der Waals surface area (Å²) in [5.41, 5.74) is 0.240. The molecule has 0 heterocycles. The molecule has 1 amide bonds. The van der Waals surface area contributed by atoms with Crippen LogP contribution in [0.3, 0.4) is 0 Å². The number of hydrogen-bond acceptors (Lipinski definition) is 4. The lowest BCUT2D eigenvalue weighted by molar-refractivity contribution is 0.0795. The molecule has 0 fully saturated rings. The van der Waals surface area contributed by atoms with E-state index in [0.29, 0.717) is 6.54 Å². The number of para-hydroxylation sites is 1. The second-order valence-corrected chi connectivity index (χ2v) is 4.07. The second-order valence-electron chi connectivity index (χ2n) is 4.07. The molecule has 6 heteroatoms. The van der Waals surface area contributed by atoms with Gasteiger partial charge < -0.3 is 10.2 Å². The molecule has 0 unspecified atom stereocenters. The molecular weight excluding hydrogens is 259 g/mol. The lowest BCUT2D eigenvalue weighted by Crippen LogP contribution is -2.32. The highest BCUT2D eigenvalue weighted by molar-refractivity contribution is 6.00. The quantitative estimate of drug-likeness (QED) is 0.806. The van der Waals surface area contributed by atoms with Crippen molar-refractivity contribution in [1.82, 2.24) is 4.90 Å². The van der Waals surface area contributed by atoms with Gasteiger partial charge in [0, 0.05) is 6.54 Å². The number of halogens is 1. The molecule has 0 aliphatic carbocycles. The Bertz CT molecular complexity index is 543. The Hall–Kier alpha value is -2.60. The fraction of sp³-hybridized carbons (Fsp3) is 0.357. The summed E-state index contributed by atoms with van der Waals surface area (Å²) in [6.45, 7) is 2.02. The summed E-state index contributed by atoms with van der Waals surface area (Å²) in [6, 6.07) is 7.80. The number of benzene rings is 1. The zero-order valence-electron chi connectivity index (χ0n) is 11.2. The van der Waals surface area contributed by atoms with Crippen molar-refractivity contribution in [1.29, 1.82) is 10.5 Å². The highest BCUT2D eigenvalue weighted by Crippen LogP contribution is 2.21. The summed E-state index contributed by atoms with van der Waals surface area (Å²) in [5.74, 6) is -1.07. The lowest BCUT2D eigenvalue weighted by atomic mass is 10.1. The second kappa shape index (κ2) is 7.75. The molecule has 20 heavy (non-hydrogen) atoms. The first-order valence-corrected chi connectivity index (χ1v) is 6.21. The molecule has 0 spiro atoms. The van der Waals surface area contributed by atoms with Crippen molar-refractivity contribution in [2.24, 2.45) is 0 Å². The SMILES string of the molecule is CCCNc1c(F)cccc1C(=O)N(CC#N)CC#N. The van der Waals surface area contributed by atoms with E-state index in [4.69, 9.17) is 10.5 Å². The normalized spacial score (nSPS) is 9.40. The van der Waals surface area contributed by atoms with Gasteiger partial charge in [-0.15, -0.1) is 0 Å². The number of nitriles is 2. The minimum absolute atomic E-state index is 0.111. The molecule has 5 nitrogen and oxygen atoms in total. The van der Waals surface area contributed by atoms with Gasteiger partial charge in [-0.25, -0.2) is 4.39 Å². The van der Waals surface area contributed by atoms with E-state index >= 15 is 0 Å². The summed E-state index contributed by atoms with van der Waals surface area (Å²) in [4.78, 5) is 13.4. The van der Waals surface area contributed by atoms with E-state index in [-0.39, 0.29) is 24.3 Å². The minimum Gasteiger partial charge on any atom is -0.382 e. The zero-order chi connectivity index (χ0) is 15.0. The molecule has 0 aliphatic rings. The zero-order valence-corrected chi connectivity index (χ0v) is 11.2. The minimum atomic E-state index is -0.536. The molecule has 0 saturated carbocycles. The van der Waals surface area contributed by atoms with Crippen molar-refractivity contribution in [3.05, 3.63) is 29.6 Å². The van der Waals surface area contributed by atoms with Crippen LogP contribution in [0.1, 0.15) is 23.7 Å². The number of anilines is 1. The Morgan fingerprint density at radius 3 is 2.55 bits per heavy atom. The van der Waals surface area contributed by atoms with Crippen LogP contribution in [-0.4, -0.2) is 30.4 Å². The van der Waals surface area contributed by atoms with E-state index in [9.17, 15) is 9.18 Å². The Kier molecular flexibility index (Phi) is 5.99. The standard InChI is InChI=1S/C14H15FN4O/c1-2-8-18-13-11(4-3-5-12(13)15)14(20)19(9-6-16)10-7-17/h3-5,18H,2,8-10H2,1H3. The van der Waals surface area contributed by atoms with Crippen LogP contribution in [0.15, 0.2) is 18.2 Å². The topological polar surface area (TPSA) is 79.9 Å². The number of hydrogen-bond donors (Lipinski definition) is 1. The fourth-order valence-corrected chi connectivity index (χ4v) is 1.67. The van der Waals surface area contributed by atoms with Crippen LogP contribution < -0.4 is 5.32 Å². The summed E-state index contributed by atoms with van der Waals surface area (Å²) in [6.07, 6.45) is 0.780. The van der Waals surface area contributed by atoms with Crippen molar-refractivity contribution in [2.75, 3.05) is 25.0 Å². The van der Waals surface area contributed by atoms with Crippen molar-refractivity contribution < 1.29 is 9.18 Å². The molecule has 0 saturated heterocycles. The van der Waals surface area contributed by atoms with Gasteiger partial charge in [0.15, 0.2) is 0 Å². The first kappa shape index (κ1) is 15.5. The van der Waals surface area contributed by atoms with Crippen LogP contribution in [0, 0.1) is 28.5 Å². The molecule has 0 bridgehead atoms. The molecule has 0 aromatic heterocycles. The van der Waals surface area contributed by atoms with E-state index in [0.717, 1.165) is 11.3 Å². The summed E-state index contributed by atoms with van der Waals surface area (Å²) in [5, 5.41) is 20.2. The lowest BCUT2D eigenvalue weighted by Gasteiger charge is -2.18. The molecule has 1 N–H and O–H groups in total. The Labute approximate surface area is 117 Å². The van der Waals surface area contributed by atoms with Crippen molar-refractivity contribution in [3.8, 4) is 12.1 Å². The van der Waals surface area contributed by atoms with E-state index < -0.39 is 11.7 Å². The molecular formula is C14H15FN4O. The van der Waals surface area contributed by atoms with Crippen molar-refractivity contribution in [2.45, 2.75) is 13.3 Å². The average molecular weight is 274 g/mol. The number of amides is 1. The Balaban J connectivity index is 3.11. The maximum atomic E-state index is 13.8. The third-order valence-corrected chi connectivity index (χ3v) is 2.61. The van der Waals surface area contributed by atoms with Gasteiger partial charge in [-0.3, -0.25) is 4.79 Å². The predicted molar refractivity (Wildman–Crippen MR) is 72.3 cm³/mol. The first-order valence-electron chi connectivity index (χ1n) is 6.21. The monoisotopic (exact) mass is 274 g/mol. The van der Waals surface area contributed by atoms with Crippen LogP contribution in [0.2, 0.25) is 0 Å². The fourth-order valence-electron chi connectivity index (χ4n) is 1.67. The summed E-state index contributed by atoms with van der Waals surface area (Å²) >= 11 is 0. The van der Waals surface area contributed by atoms with Crippen molar-refractivity contribution in [3.63, 3.8) is 0 Å². The number of nitrogens with zero attached hydrogens (tertiary/aromatic N) is 3. The third-order valence-electron chi connectivity index (χ3n) is 2.61. The molecule has 0 atom stereocenters. The van der Waals surface area contributed by atoms with Crippen LogP contribution in [0.5, 0.6) is 0 Å². The van der Waals surface area contributed by atoms with Gasteiger partial charge in [-0.05, 0) is 18.6 Å². The van der Waals surface area contributed by atoms with Gasteiger partial charge in [0.25, 0.3) is 5.91 Å². The van der Waals surface area contributed by atoms with Gasteiger partial charge in [0.05, 0.1) is 23.4 Å². The summed E-state index contributed by atoms with van der Waals surface area (Å²) < 4.78 is 13.8. The molecule has 104 valence electrons. The van der Waals surface area contributed by atoms with Gasteiger partial charge in [-0.1, -0.05) is 13.0 Å². The molecule has 0 aliphatic heterocycles. The van der Waals surface area contributed by atoms with Gasteiger partial charge in [0.2, 0.25) is 0 Å². The molecule has 1 rings (SSSR count). The highest BCUT2D eigenvalue weighted by Gasteiger charge is 2.20. The van der Waals surface area contributed by atoms with E-state index in [1.165, 1.54) is 18.2 Å². The van der Waals surface area contributed by atoms with E-state index in [2.05, 4.69) is 5.32 Å². The number of rotatable bonds is 6. The maximum absolute atomic E-state index is 13.8. The summed E-state index contributed by atoms with van der Waals surface area (Å²) in [7, 11) is 0. The van der Waals surface area contributed by atoms with Crippen LogP contribution in [-0.2, 0) is 0 Å².